The van der Waals surface area contributed by atoms with E-state index in [2.05, 4.69) is 6.92 Å². The van der Waals surface area contributed by atoms with E-state index in [0.29, 0.717) is 24.9 Å². The lowest BCUT2D eigenvalue weighted by molar-refractivity contribution is -0.144. The van der Waals surface area contributed by atoms with Gasteiger partial charge in [0.2, 0.25) is 0 Å². The molecule has 1 fully saturated rings. The van der Waals surface area contributed by atoms with Crippen LogP contribution in [-0.2, 0) is 4.79 Å². The maximum Gasteiger partial charge on any atom is 0.320 e. The van der Waals surface area contributed by atoms with E-state index in [-0.39, 0.29) is 0 Å². The summed E-state index contributed by atoms with van der Waals surface area (Å²) in [5, 5.41) is 9.19. The zero-order chi connectivity index (χ0) is 12.1. The monoisotopic (exact) mass is 228 g/mol. The first-order valence-electron chi connectivity index (χ1n) is 6.22. The smallest absolute Gasteiger partial charge is 0.320 e. The van der Waals surface area contributed by atoms with Crippen LogP contribution in [-0.4, -0.2) is 41.7 Å². The number of hydrogen-bond donors (Lipinski definition) is 2. The lowest BCUT2D eigenvalue weighted by atomic mass is 9.84. The van der Waals surface area contributed by atoms with E-state index in [1.54, 1.807) is 0 Å². The van der Waals surface area contributed by atoms with Crippen LogP contribution in [0.1, 0.15) is 39.0 Å². The fourth-order valence-electron chi connectivity index (χ4n) is 2.79. The van der Waals surface area contributed by atoms with Gasteiger partial charge < -0.3 is 10.8 Å². The standard InChI is InChI=1S/C12H24N2O2/c1-9-5-3-4-6-10(9)14(2)11(7-8-13)12(15)16/h9-11H,3-8,13H2,1-2H3,(H,15,16). The number of rotatable bonds is 5. The predicted molar refractivity (Wildman–Crippen MR) is 64.3 cm³/mol. The lowest BCUT2D eigenvalue weighted by Gasteiger charge is -2.39. The minimum absolute atomic E-state index is 0.404. The highest BCUT2D eigenvalue weighted by Crippen LogP contribution is 2.28. The zero-order valence-electron chi connectivity index (χ0n) is 10.4. The van der Waals surface area contributed by atoms with Crippen molar-refractivity contribution in [3.8, 4) is 0 Å². The van der Waals surface area contributed by atoms with Crippen molar-refractivity contribution in [3.63, 3.8) is 0 Å². The van der Waals surface area contributed by atoms with Crippen LogP contribution in [0.25, 0.3) is 0 Å². The molecule has 3 atom stereocenters. The van der Waals surface area contributed by atoms with Gasteiger partial charge in [0, 0.05) is 6.04 Å². The Morgan fingerprint density at radius 3 is 2.62 bits per heavy atom. The Bertz CT molecular complexity index is 233. The molecule has 0 saturated heterocycles. The van der Waals surface area contributed by atoms with Crippen molar-refractivity contribution >= 4 is 5.97 Å². The van der Waals surface area contributed by atoms with Crippen molar-refractivity contribution in [3.05, 3.63) is 0 Å². The second-order valence-corrected chi connectivity index (χ2v) is 4.93. The molecule has 4 nitrogen and oxygen atoms in total. The summed E-state index contributed by atoms with van der Waals surface area (Å²) >= 11 is 0. The molecule has 0 heterocycles. The minimum Gasteiger partial charge on any atom is -0.480 e. The van der Waals surface area contributed by atoms with E-state index in [0.717, 1.165) is 6.42 Å². The topological polar surface area (TPSA) is 66.6 Å². The van der Waals surface area contributed by atoms with Gasteiger partial charge in [-0.1, -0.05) is 19.8 Å². The molecule has 0 amide bonds. The zero-order valence-corrected chi connectivity index (χ0v) is 10.4. The van der Waals surface area contributed by atoms with Crippen LogP contribution in [0.2, 0.25) is 0 Å². The summed E-state index contributed by atoms with van der Waals surface area (Å²) in [7, 11) is 1.93. The van der Waals surface area contributed by atoms with E-state index in [4.69, 9.17) is 5.73 Å². The van der Waals surface area contributed by atoms with Crippen molar-refractivity contribution < 1.29 is 9.90 Å². The van der Waals surface area contributed by atoms with Gasteiger partial charge in [-0.15, -0.1) is 0 Å². The summed E-state index contributed by atoms with van der Waals surface area (Å²) in [4.78, 5) is 13.2. The van der Waals surface area contributed by atoms with Crippen LogP contribution in [0.5, 0.6) is 0 Å². The Morgan fingerprint density at radius 1 is 1.50 bits per heavy atom. The molecular formula is C12H24N2O2. The Hall–Kier alpha value is -0.610. The van der Waals surface area contributed by atoms with Gasteiger partial charge in [0.1, 0.15) is 6.04 Å². The van der Waals surface area contributed by atoms with Crippen molar-refractivity contribution in [2.24, 2.45) is 11.7 Å². The number of likely N-dealkylation sites (N-methyl/N-ethyl adjacent to an activating group) is 1. The molecule has 0 radical (unpaired) electrons. The molecule has 94 valence electrons. The van der Waals surface area contributed by atoms with E-state index < -0.39 is 12.0 Å². The van der Waals surface area contributed by atoms with Gasteiger partial charge in [-0.3, -0.25) is 9.69 Å². The lowest BCUT2D eigenvalue weighted by Crippen LogP contribution is -2.49. The minimum atomic E-state index is -0.745. The number of hydrogen-bond acceptors (Lipinski definition) is 3. The molecule has 1 aliphatic rings. The van der Waals surface area contributed by atoms with Crippen LogP contribution < -0.4 is 5.73 Å². The molecule has 3 N–H and O–H groups in total. The molecule has 4 heteroatoms. The SMILES string of the molecule is CC1CCCCC1N(C)C(CCN)C(=O)O. The third-order valence-electron chi connectivity index (χ3n) is 3.81. The Balaban J connectivity index is 2.64. The van der Waals surface area contributed by atoms with Crippen LogP contribution >= 0.6 is 0 Å². The number of nitrogens with two attached hydrogens (primary N) is 1. The summed E-state index contributed by atoms with van der Waals surface area (Å²) in [6.45, 7) is 2.66. The summed E-state index contributed by atoms with van der Waals surface area (Å²) in [6.07, 6.45) is 5.36. The molecule has 3 unspecified atom stereocenters. The Morgan fingerprint density at radius 2 is 2.12 bits per heavy atom. The van der Waals surface area contributed by atoms with Crippen molar-refractivity contribution in [2.45, 2.75) is 51.1 Å². The molecule has 0 aromatic rings. The molecule has 1 saturated carbocycles. The summed E-state index contributed by atoms with van der Waals surface area (Å²) in [6, 6.07) is -0.0167. The highest BCUT2D eigenvalue weighted by Gasteiger charge is 2.32. The first-order valence-corrected chi connectivity index (χ1v) is 6.22. The molecule has 0 aliphatic heterocycles. The fraction of sp³-hybridized carbons (Fsp3) is 0.917. The van der Waals surface area contributed by atoms with Crippen LogP contribution in [0.4, 0.5) is 0 Å². The van der Waals surface area contributed by atoms with E-state index >= 15 is 0 Å². The summed E-state index contributed by atoms with van der Waals surface area (Å²) < 4.78 is 0. The average molecular weight is 228 g/mol. The van der Waals surface area contributed by atoms with Gasteiger partial charge >= 0.3 is 5.97 Å². The number of aliphatic carboxylic acids is 1. The normalized spacial score (nSPS) is 28.0. The molecule has 16 heavy (non-hydrogen) atoms. The maximum absolute atomic E-state index is 11.2. The second kappa shape index (κ2) is 6.21. The molecule has 0 aromatic heterocycles. The Kier molecular flexibility index (Phi) is 5.22. The third-order valence-corrected chi connectivity index (χ3v) is 3.81. The number of carbonyl (C=O) groups is 1. The highest BCUT2D eigenvalue weighted by molar-refractivity contribution is 5.73. The first-order chi connectivity index (χ1) is 7.57. The van der Waals surface area contributed by atoms with Crippen LogP contribution in [0.15, 0.2) is 0 Å². The Labute approximate surface area is 97.8 Å². The van der Waals surface area contributed by atoms with Gasteiger partial charge in [-0.05, 0) is 38.8 Å². The van der Waals surface area contributed by atoms with Crippen LogP contribution in [0.3, 0.4) is 0 Å². The van der Waals surface area contributed by atoms with Gasteiger partial charge in [0.05, 0.1) is 0 Å². The van der Waals surface area contributed by atoms with Crippen LogP contribution in [0, 0.1) is 5.92 Å². The van der Waals surface area contributed by atoms with Crippen molar-refractivity contribution in [2.75, 3.05) is 13.6 Å². The average Bonchev–Trinajstić information content (AvgIpc) is 2.25. The van der Waals surface area contributed by atoms with E-state index in [1.807, 2.05) is 11.9 Å². The third kappa shape index (κ3) is 3.19. The molecular weight excluding hydrogens is 204 g/mol. The van der Waals surface area contributed by atoms with Gasteiger partial charge in [0.15, 0.2) is 0 Å². The van der Waals surface area contributed by atoms with Gasteiger partial charge in [-0.2, -0.15) is 0 Å². The van der Waals surface area contributed by atoms with E-state index in [9.17, 15) is 9.90 Å². The second-order valence-electron chi connectivity index (χ2n) is 4.93. The highest BCUT2D eigenvalue weighted by atomic mass is 16.4. The largest absolute Gasteiger partial charge is 0.480 e. The summed E-state index contributed by atoms with van der Waals surface area (Å²) in [5.41, 5.74) is 5.48. The fourth-order valence-corrected chi connectivity index (χ4v) is 2.79. The van der Waals surface area contributed by atoms with Crippen molar-refractivity contribution in [1.29, 1.82) is 0 Å². The van der Waals surface area contributed by atoms with Gasteiger partial charge in [-0.25, -0.2) is 0 Å². The predicted octanol–water partition coefficient (Wildman–Crippen LogP) is 1.30. The maximum atomic E-state index is 11.2. The number of carboxylic acid groups (broad SMARTS) is 1. The number of nitrogens with zero attached hydrogens (tertiary/aromatic N) is 1. The van der Waals surface area contributed by atoms with E-state index in [1.165, 1.54) is 19.3 Å². The molecule has 0 bridgehead atoms. The molecule has 0 aromatic carbocycles. The molecule has 1 aliphatic carbocycles. The summed E-state index contributed by atoms with van der Waals surface area (Å²) in [5.74, 6) is -0.149. The van der Waals surface area contributed by atoms with Gasteiger partial charge in [0.25, 0.3) is 0 Å². The first kappa shape index (κ1) is 13.5. The number of carboxylic acids is 1. The quantitative estimate of drug-likeness (QED) is 0.744. The molecule has 0 spiro atoms. The molecule has 1 rings (SSSR count). The van der Waals surface area contributed by atoms with Crippen molar-refractivity contribution in [1.82, 2.24) is 4.90 Å².